The second-order valence-corrected chi connectivity index (χ2v) is 8.03. The molecule has 2 aromatic heterocycles. The molecule has 0 aliphatic heterocycles. The highest BCUT2D eigenvalue weighted by molar-refractivity contribution is 7.90. The Balaban J connectivity index is 2.25. The van der Waals surface area contributed by atoms with E-state index in [-0.39, 0.29) is 17.1 Å². The van der Waals surface area contributed by atoms with Gasteiger partial charge in [-0.1, -0.05) is 0 Å². The summed E-state index contributed by atoms with van der Waals surface area (Å²) in [7, 11) is -3.93. The summed E-state index contributed by atoms with van der Waals surface area (Å²) in [5.74, 6) is -2.73. The molecule has 3 aromatic rings. The van der Waals surface area contributed by atoms with Crippen LogP contribution in [0.5, 0.6) is 0 Å². The lowest BCUT2D eigenvalue weighted by molar-refractivity contribution is 0.503. The zero-order chi connectivity index (χ0) is 17.6. The number of hydrogen-bond acceptors (Lipinski definition) is 6. The van der Waals surface area contributed by atoms with Gasteiger partial charge in [0.15, 0.2) is 15.7 Å². The minimum Gasteiger partial charge on any atom is -0.415 e. The molecule has 0 saturated heterocycles. The predicted octanol–water partition coefficient (Wildman–Crippen LogP) is 2.54. The van der Waals surface area contributed by atoms with Gasteiger partial charge in [-0.25, -0.2) is 31.5 Å². The molecule has 0 N–H and O–H groups in total. The summed E-state index contributed by atoms with van der Waals surface area (Å²) in [6.45, 7) is 1.72. The van der Waals surface area contributed by atoms with E-state index in [4.69, 9.17) is 4.42 Å². The first kappa shape index (κ1) is 16.5. The van der Waals surface area contributed by atoms with Gasteiger partial charge in [0.25, 0.3) is 0 Å². The number of hydrogen-bond donors (Lipinski definition) is 0. The van der Waals surface area contributed by atoms with Gasteiger partial charge < -0.3 is 4.42 Å². The van der Waals surface area contributed by atoms with Crippen molar-refractivity contribution in [2.24, 2.45) is 0 Å². The van der Waals surface area contributed by atoms with Crippen LogP contribution in [0.2, 0.25) is 0 Å². The molecule has 126 valence electrons. The number of rotatable bonds is 3. The molecule has 0 radical (unpaired) electrons. The number of sulfone groups is 1. The lowest BCUT2D eigenvalue weighted by Crippen LogP contribution is -2.14. The first-order chi connectivity index (χ1) is 11.2. The smallest absolute Gasteiger partial charge is 0.415 e. The molecular formula is C14H10F2N2O4S2. The Morgan fingerprint density at radius 1 is 1.25 bits per heavy atom. The van der Waals surface area contributed by atoms with E-state index in [1.807, 2.05) is 0 Å². The molecule has 6 nitrogen and oxygen atoms in total. The van der Waals surface area contributed by atoms with E-state index in [0.29, 0.717) is 17.1 Å². The van der Waals surface area contributed by atoms with Crippen molar-refractivity contribution in [3.63, 3.8) is 0 Å². The van der Waals surface area contributed by atoms with Crippen molar-refractivity contribution < 1.29 is 21.6 Å². The largest absolute Gasteiger partial charge is 0.425 e. The molecule has 24 heavy (non-hydrogen) atoms. The maximum Gasteiger partial charge on any atom is 0.425 e. The second-order valence-electron chi connectivity index (χ2n) is 4.98. The molecule has 0 aliphatic carbocycles. The molecule has 0 fully saturated rings. The average molecular weight is 372 g/mol. The molecule has 0 bridgehead atoms. The van der Waals surface area contributed by atoms with E-state index in [2.05, 4.69) is 4.98 Å². The van der Waals surface area contributed by atoms with Gasteiger partial charge in [-0.3, -0.25) is 0 Å². The molecule has 0 spiro atoms. The fraction of sp³-hybridized carbons (Fsp3) is 0.143. The fourth-order valence-electron chi connectivity index (χ4n) is 2.17. The molecule has 3 rings (SSSR count). The maximum atomic E-state index is 14.4. The van der Waals surface area contributed by atoms with Crippen LogP contribution in [0.25, 0.3) is 17.1 Å². The zero-order valence-electron chi connectivity index (χ0n) is 12.4. The summed E-state index contributed by atoms with van der Waals surface area (Å²) in [6.07, 6.45) is 1.74. The number of nitrogens with zero attached hydrogens (tertiary/aromatic N) is 2. The van der Waals surface area contributed by atoms with Crippen LogP contribution >= 0.6 is 11.3 Å². The lowest BCUT2D eigenvalue weighted by atomic mass is 10.1. The highest BCUT2D eigenvalue weighted by Crippen LogP contribution is 2.29. The molecule has 2 heterocycles. The molecule has 0 saturated carbocycles. The van der Waals surface area contributed by atoms with Gasteiger partial charge in [0.05, 0.1) is 10.7 Å². The fourth-order valence-corrected chi connectivity index (χ4v) is 3.49. The molecule has 0 atom stereocenters. The van der Waals surface area contributed by atoms with E-state index >= 15 is 0 Å². The van der Waals surface area contributed by atoms with Gasteiger partial charge in [-0.2, -0.15) is 0 Å². The summed E-state index contributed by atoms with van der Waals surface area (Å²) >= 11 is 1.27. The molecule has 1 aromatic carbocycles. The predicted molar refractivity (Wildman–Crippen MR) is 83.2 cm³/mol. The van der Waals surface area contributed by atoms with Crippen LogP contribution in [-0.4, -0.2) is 24.2 Å². The highest BCUT2D eigenvalue weighted by atomic mass is 32.2. The third-order valence-corrected chi connectivity index (χ3v) is 5.10. The molecule has 0 aliphatic rings. The van der Waals surface area contributed by atoms with Crippen LogP contribution < -0.4 is 5.76 Å². The molecule has 0 unspecified atom stereocenters. The highest BCUT2D eigenvalue weighted by Gasteiger charge is 2.22. The number of oxazole rings is 1. The van der Waals surface area contributed by atoms with Crippen LogP contribution in [0.4, 0.5) is 8.78 Å². The number of halogens is 2. The van der Waals surface area contributed by atoms with E-state index in [1.165, 1.54) is 11.3 Å². The summed E-state index contributed by atoms with van der Waals surface area (Å²) in [6, 6.07) is 1.29. The minimum atomic E-state index is -3.93. The standard InChI is InChI=1S/C14H10F2N2O4S2/c1-7-17-13(6-23-7)18-11(5-22-14(18)19)8-3-10(16)12(4-9(8)15)24(2,20)21/h3-6H,1-2H3. The van der Waals surface area contributed by atoms with Crippen LogP contribution in [0, 0.1) is 18.6 Å². The van der Waals surface area contributed by atoms with Crippen molar-refractivity contribution >= 4 is 21.2 Å². The van der Waals surface area contributed by atoms with Crippen LogP contribution in [-0.2, 0) is 9.84 Å². The van der Waals surface area contributed by atoms with Crippen molar-refractivity contribution in [3.8, 4) is 17.1 Å². The van der Waals surface area contributed by atoms with Crippen LogP contribution in [0.1, 0.15) is 5.01 Å². The van der Waals surface area contributed by atoms with Crippen molar-refractivity contribution in [2.45, 2.75) is 11.8 Å². The SMILES string of the molecule is Cc1nc(-n2c(-c3cc(F)c(S(C)(=O)=O)cc3F)coc2=O)cs1. The third kappa shape index (κ3) is 2.78. The Labute approximate surface area is 138 Å². The number of aryl methyl sites for hydroxylation is 1. The zero-order valence-corrected chi connectivity index (χ0v) is 14.0. The second kappa shape index (κ2) is 5.64. The monoisotopic (exact) mass is 372 g/mol. The minimum absolute atomic E-state index is 0.0678. The normalized spacial score (nSPS) is 11.8. The maximum absolute atomic E-state index is 14.4. The van der Waals surface area contributed by atoms with Gasteiger partial charge in [0.1, 0.15) is 22.8 Å². The number of thiazole rings is 1. The molecule has 0 amide bonds. The van der Waals surface area contributed by atoms with Gasteiger partial charge in [0.2, 0.25) is 0 Å². The Morgan fingerprint density at radius 3 is 2.54 bits per heavy atom. The number of benzene rings is 1. The van der Waals surface area contributed by atoms with E-state index < -0.39 is 32.1 Å². The Kier molecular flexibility index (Phi) is 3.88. The average Bonchev–Trinajstić information content (AvgIpc) is 3.05. The van der Waals surface area contributed by atoms with Gasteiger partial charge in [-0.15, -0.1) is 11.3 Å². The van der Waals surface area contributed by atoms with Crippen molar-refractivity contribution in [3.05, 3.63) is 51.0 Å². The third-order valence-electron chi connectivity index (χ3n) is 3.23. The first-order valence-electron chi connectivity index (χ1n) is 6.51. The number of aromatic nitrogens is 2. The van der Waals surface area contributed by atoms with Crippen molar-refractivity contribution in [2.75, 3.05) is 6.26 Å². The molecular weight excluding hydrogens is 362 g/mol. The Hall–Kier alpha value is -2.33. The summed E-state index contributed by atoms with van der Waals surface area (Å²) in [5, 5.41) is 2.23. The Bertz CT molecular complexity index is 1100. The van der Waals surface area contributed by atoms with Crippen molar-refractivity contribution in [1.29, 1.82) is 0 Å². The summed E-state index contributed by atoms with van der Waals surface area (Å²) in [5.41, 5.74) is -0.377. The van der Waals surface area contributed by atoms with Crippen LogP contribution in [0.15, 0.2) is 37.9 Å². The summed E-state index contributed by atoms with van der Waals surface area (Å²) in [4.78, 5) is 15.3. The first-order valence-corrected chi connectivity index (χ1v) is 9.28. The van der Waals surface area contributed by atoms with Gasteiger partial charge in [-0.05, 0) is 19.1 Å². The van der Waals surface area contributed by atoms with Gasteiger partial charge >= 0.3 is 5.76 Å². The van der Waals surface area contributed by atoms with Crippen LogP contribution in [0.3, 0.4) is 0 Å². The Morgan fingerprint density at radius 2 is 1.96 bits per heavy atom. The topological polar surface area (TPSA) is 82.2 Å². The van der Waals surface area contributed by atoms with Gasteiger partial charge in [0, 0.05) is 17.2 Å². The van der Waals surface area contributed by atoms with Crippen molar-refractivity contribution in [1.82, 2.24) is 9.55 Å². The van der Waals surface area contributed by atoms with E-state index in [0.717, 1.165) is 17.1 Å². The quantitative estimate of drug-likeness (QED) is 0.706. The summed E-state index contributed by atoms with van der Waals surface area (Å²) < 4.78 is 57.1. The molecule has 10 heteroatoms. The van der Waals surface area contributed by atoms with E-state index in [9.17, 15) is 22.0 Å². The lowest BCUT2D eigenvalue weighted by Gasteiger charge is -2.07. The van der Waals surface area contributed by atoms with E-state index in [1.54, 1.807) is 12.3 Å².